The molecular weight excluding hydrogens is 134 g/mol. The summed E-state index contributed by atoms with van der Waals surface area (Å²) < 4.78 is 0. The van der Waals surface area contributed by atoms with Crippen LogP contribution in [0.25, 0.3) is 0 Å². The lowest BCUT2D eigenvalue weighted by Gasteiger charge is -2.39. The van der Waals surface area contributed by atoms with Crippen LogP contribution in [0.1, 0.15) is 33.1 Å². The molecule has 0 bridgehead atoms. The van der Waals surface area contributed by atoms with Gasteiger partial charge in [-0.2, -0.15) is 0 Å². The van der Waals surface area contributed by atoms with E-state index in [1.165, 1.54) is 19.4 Å². The summed E-state index contributed by atoms with van der Waals surface area (Å²) in [6.45, 7) is 9.64. The fourth-order valence-corrected chi connectivity index (χ4v) is 1.84. The molecule has 1 heteroatoms. The second-order valence-corrected chi connectivity index (χ2v) is 4.12. The van der Waals surface area contributed by atoms with Crippen LogP contribution in [-0.2, 0) is 0 Å². The normalized spacial score (nSPS) is 29.8. The van der Waals surface area contributed by atoms with Gasteiger partial charge in [-0.15, -0.1) is 6.58 Å². The fourth-order valence-electron chi connectivity index (χ4n) is 1.84. The van der Waals surface area contributed by atoms with E-state index in [0.717, 1.165) is 6.42 Å². The first-order valence-corrected chi connectivity index (χ1v) is 4.51. The van der Waals surface area contributed by atoms with Gasteiger partial charge in [-0.3, -0.25) is 0 Å². The average molecular weight is 153 g/mol. The smallest absolute Gasteiger partial charge is 0.0153 e. The van der Waals surface area contributed by atoms with E-state index >= 15 is 0 Å². The summed E-state index contributed by atoms with van der Waals surface area (Å²) in [6.07, 6.45) is 5.79. The maximum Gasteiger partial charge on any atom is 0.0153 e. The Kier molecular flexibility index (Phi) is 2.72. The Labute approximate surface area is 69.9 Å². The molecule has 0 radical (unpaired) electrons. The first-order valence-electron chi connectivity index (χ1n) is 4.51. The zero-order chi connectivity index (χ0) is 8.32. The maximum absolute atomic E-state index is 3.78. The second kappa shape index (κ2) is 3.40. The summed E-state index contributed by atoms with van der Waals surface area (Å²) in [5.41, 5.74) is 0.465. The molecule has 0 amide bonds. The predicted octanol–water partition coefficient (Wildman–Crippen LogP) is 2.34. The zero-order valence-electron chi connectivity index (χ0n) is 7.69. The van der Waals surface area contributed by atoms with Crippen LogP contribution in [0.2, 0.25) is 0 Å². The minimum atomic E-state index is 0.465. The first kappa shape index (κ1) is 8.79. The van der Waals surface area contributed by atoms with Crippen LogP contribution in [-0.4, -0.2) is 12.6 Å². The lowest BCUT2D eigenvalue weighted by atomic mass is 9.76. The Morgan fingerprint density at radius 1 is 1.64 bits per heavy atom. The van der Waals surface area contributed by atoms with E-state index in [1.807, 2.05) is 6.08 Å². The molecule has 1 saturated heterocycles. The fraction of sp³-hybridized carbons (Fsp3) is 0.800. The molecule has 1 aliphatic heterocycles. The number of hydrogen-bond acceptors (Lipinski definition) is 1. The van der Waals surface area contributed by atoms with Crippen molar-refractivity contribution in [1.82, 2.24) is 5.32 Å². The molecule has 0 spiro atoms. The zero-order valence-corrected chi connectivity index (χ0v) is 7.69. The second-order valence-electron chi connectivity index (χ2n) is 4.12. The summed E-state index contributed by atoms with van der Waals surface area (Å²) in [6, 6.07) is 0.647. The Morgan fingerprint density at radius 3 is 2.91 bits per heavy atom. The molecular formula is C10H19N. The third-order valence-electron chi connectivity index (χ3n) is 2.73. The quantitative estimate of drug-likeness (QED) is 0.600. The van der Waals surface area contributed by atoms with Crippen molar-refractivity contribution in [2.75, 3.05) is 6.54 Å². The van der Waals surface area contributed by atoms with Gasteiger partial charge in [-0.25, -0.2) is 0 Å². The molecule has 0 aromatic carbocycles. The Morgan fingerprint density at radius 2 is 2.36 bits per heavy atom. The third kappa shape index (κ3) is 2.06. The van der Waals surface area contributed by atoms with Gasteiger partial charge < -0.3 is 5.32 Å². The van der Waals surface area contributed by atoms with E-state index in [1.54, 1.807) is 0 Å². The minimum absolute atomic E-state index is 0.465. The molecule has 0 aromatic heterocycles. The molecule has 1 nitrogen and oxygen atoms in total. The van der Waals surface area contributed by atoms with E-state index in [4.69, 9.17) is 0 Å². The largest absolute Gasteiger partial charge is 0.313 e. The van der Waals surface area contributed by atoms with Gasteiger partial charge in [0, 0.05) is 6.04 Å². The molecule has 11 heavy (non-hydrogen) atoms. The van der Waals surface area contributed by atoms with Gasteiger partial charge in [0.25, 0.3) is 0 Å². The van der Waals surface area contributed by atoms with E-state index in [9.17, 15) is 0 Å². The van der Waals surface area contributed by atoms with Gasteiger partial charge >= 0.3 is 0 Å². The highest BCUT2D eigenvalue weighted by molar-refractivity contribution is 4.91. The van der Waals surface area contributed by atoms with E-state index in [0.29, 0.717) is 11.5 Å². The number of piperidine rings is 1. The van der Waals surface area contributed by atoms with Crippen molar-refractivity contribution in [3.63, 3.8) is 0 Å². The molecule has 0 aromatic rings. The topological polar surface area (TPSA) is 12.0 Å². The van der Waals surface area contributed by atoms with Crippen LogP contribution in [0.15, 0.2) is 12.7 Å². The van der Waals surface area contributed by atoms with Gasteiger partial charge in [-0.05, 0) is 31.2 Å². The molecule has 0 saturated carbocycles. The highest BCUT2D eigenvalue weighted by Gasteiger charge is 2.30. The van der Waals surface area contributed by atoms with Crippen molar-refractivity contribution < 1.29 is 0 Å². The van der Waals surface area contributed by atoms with Crippen molar-refractivity contribution >= 4 is 0 Å². The summed E-state index contributed by atoms with van der Waals surface area (Å²) in [5, 5.41) is 3.54. The van der Waals surface area contributed by atoms with Gasteiger partial charge in [0.2, 0.25) is 0 Å². The molecule has 1 unspecified atom stereocenters. The highest BCUT2D eigenvalue weighted by Crippen LogP contribution is 2.31. The summed E-state index contributed by atoms with van der Waals surface area (Å²) in [7, 11) is 0. The Bertz CT molecular complexity index is 138. The Hall–Kier alpha value is -0.300. The Balaban J connectivity index is 2.52. The monoisotopic (exact) mass is 153 g/mol. The van der Waals surface area contributed by atoms with Crippen LogP contribution >= 0.6 is 0 Å². The van der Waals surface area contributed by atoms with Crippen molar-refractivity contribution in [2.45, 2.75) is 39.2 Å². The van der Waals surface area contributed by atoms with Gasteiger partial charge in [-0.1, -0.05) is 19.9 Å². The SMILES string of the molecule is C=CCC1NCCCC1(C)C. The summed E-state index contributed by atoms with van der Waals surface area (Å²) >= 11 is 0. The molecule has 1 N–H and O–H groups in total. The van der Waals surface area contributed by atoms with Crippen molar-refractivity contribution in [3.8, 4) is 0 Å². The molecule has 1 fully saturated rings. The maximum atomic E-state index is 3.78. The van der Waals surface area contributed by atoms with E-state index < -0.39 is 0 Å². The lowest BCUT2D eigenvalue weighted by Crippen LogP contribution is -2.46. The summed E-state index contributed by atoms with van der Waals surface area (Å²) in [5.74, 6) is 0. The van der Waals surface area contributed by atoms with Crippen LogP contribution < -0.4 is 5.32 Å². The lowest BCUT2D eigenvalue weighted by molar-refractivity contribution is 0.181. The predicted molar refractivity (Wildman–Crippen MR) is 49.6 cm³/mol. The van der Waals surface area contributed by atoms with Crippen LogP contribution in [0.3, 0.4) is 0 Å². The standard InChI is InChI=1S/C10H19N/c1-4-6-9-10(2,3)7-5-8-11-9/h4,9,11H,1,5-8H2,2-3H3. The van der Waals surface area contributed by atoms with Crippen LogP contribution in [0.4, 0.5) is 0 Å². The molecule has 1 atom stereocenters. The highest BCUT2D eigenvalue weighted by atomic mass is 14.9. The minimum Gasteiger partial charge on any atom is -0.313 e. The van der Waals surface area contributed by atoms with Crippen molar-refractivity contribution in [3.05, 3.63) is 12.7 Å². The van der Waals surface area contributed by atoms with Crippen molar-refractivity contribution in [2.24, 2.45) is 5.41 Å². The average Bonchev–Trinajstić information content (AvgIpc) is 1.94. The molecule has 1 aliphatic rings. The van der Waals surface area contributed by atoms with Gasteiger partial charge in [0.05, 0.1) is 0 Å². The number of rotatable bonds is 2. The first-order chi connectivity index (χ1) is 5.17. The summed E-state index contributed by atoms with van der Waals surface area (Å²) in [4.78, 5) is 0. The molecule has 0 aliphatic carbocycles. The number of hydrogen-bond donors (Lipinski definition) is 1. The van der Waals surface area contributed by atoms with Gasteiger partial charge in [0.1, 0.15) is 0 Å². The number of nitrogens with one attached hydrogen (secondary N) is 1. The van der Waals surface area contributed by atoms with Gasteiger partial charge in [0.15, 0.2) is 0 Å². The third-order valence-corrected chi connectivity index (χ3v) is 2.73. The van der Waals surface area contributed by atoms with E-state index in [-0.39, 0.29) is 0 Å². The van der Waals surface area contributed by atoms with Crippen molar-refractivity contribution in [1.29, 1.82) is 0 Å². The van der Waals surface area contributed by atoms with Crippen LogP contribution in [0.5, 0.6) is 0 Å². The molecule has 1 rings (SSSR count). The van der Waals surface area contributed by atoms with Crippen LogP contribution in [0, 0.1) is 5.41 Å². The molecule has 1 heterocycles. The van der Waals surface area contributed by atoms with E-state index in [2.05, 4.69) is 25.7 Å². The molecule has 64 valence electrons.